The van der Waals surface area contributed by atoms with Gasteiger partial charge >= 0.3 is 12.0 Å². The van der Waals surface area contributed by atoms with Crippen LogP contribution in [0.4, 0.5) is 10.5 Å². The molecule has 0 aromatic heterocycles. The van der Waals surface area contributed by atoms with Gasteiger partial charge in [0.15, 0.2) is 0 Å². The molecule has 0 saturated heterocycles. The number of anilines is 1. The molecule has 0 aliphatic rings. The molecule has 0 fully saturated rings. The highest BCUT2D eigenvalue weighted by molar-refractivity contribution is 6.31. The monoisotopic (exact) mass is 271 g/mol. The van der Waals surface area contributed by atoms with Gasteiger partial charge in [0.05, 0.1) is 11.3 Å². The van der Waals surface area contributed by atoms with E-state index in [2.05, 4.69) is 10.6 Å². The molecule has 6 nitrogen and oxygen atoms in total. The number of carboxylic acids is 1. The fraction of sp³-hybridized carbons (Fsp3) is 0.273. The van der Waals surface area contributed by atoms with Crippen LogP contribution in [-0.2, 0) is 0 Å². The van der Waals surface area contributed by atoms with Crippen LogP contribution in [0.2, 0.25) is 5.02 Å². The zero-order chi connectivity index (χ0) is 13.5. The summed E-state index contributed by atoms with van der Waals surface area (Å²) in [6.07, 6.45) is 0.653. The van der Waals surface area contributed by atoms with Crippen LogP contribution in [0.25, 0.3) is 0 Å². The summed E-state index contributed by atoms with van der Waals surface area (Å²) in [5.74, 6) is -1.16. The Morgan fingerprint density at radius 2 is 2.11 bits per heavy atom. The molecule has 0 heterocycles. The Kier molecular flexibility index (Phi) is 5.41. The van der Waals surface area contributed by atoms with Crippen molar-refractivity contribution in [2.75, 3.05) is 18.4 Å². The molecular formula is C11H14ClN3O3. The minimum Gasteiger partial charge on any atom is -0.478 e. The average molecular weight is 272 g/mol. The Hall–Kier alpha value is -1.79. The van der Waals surface area contributed by atoms with Gasteiger partial charge in [0, 0.05) is 11.6 Å². The number of nitrogens with one attached hydrogen (secondary N) is 2. The number of hydrogen-bond donors (Lipinski definition) is 4. The number of carbonyl (C=O) groups excluding carboxylic acids is 1. The molecule has 0 bridgehead atoms. The number of amides is 2. The van der Waals surface area contributed by atoms with E-state index < -0.39 is 12.0 Å². The number of urea groups is 1. The summed E-state index contributed by atoms with van der Waals surface area (Å²) in [5.41, 5.74) is 5.42. The van der Waals surface area contributed by atoms with Crippen LogP contribution in [0.15, 0.2) is 18.2 Å². The number of hydrogen-bond acceptors (Lipinski definition) is 3. The number of benzene rings is 1. The van der Waals surface area contributed by atoms with Gasteiger partial charge in [0.1, 0.15) is 0 Å². The standard InChI is InChI=1S/C11H14ClN3O3/c12-7-2-3-9(8(6-7)10(16)17)15-11(18)14-5-1-4-13/h2-3,6H,1,4-5,13H2,(H,16,17)(H2,14,15,18). The zero-order valence-electron chi connectivity index (χ0n) is 9.57. The summed E-state index contributed by atoms with van der Waals surface area (Å²) in [6.45, 7) is 0.903. The maximum Gasteiger partial charge on any atom is 0.337 e. The van der Waals surface area contributed by atoms with E-state index in [1.165, 1.54) is 18.2 Å². The van der Waals surface area contributed by atoms with Crippen molar-refractivity contribution in [1.82, 2.24) is 5.32 Å². The summed E-state index contributed by atoms with van der Waals surface area (Å²) in [7, 11) is 0. The number of nitrogens with two attached hydrogens (primary N) is 1. The van der Waals surface area contributed by atoms with Gasteiger partial charge < -0.3 is 21.5 Å². The van der Waals surface area contributed by atoms with E-state index in [1.807, 2.05) is 0 Å². The maximum absolute atomic E-state index is 11.5. The van der Waals surface area contributed by atoms with Gasteiger partial charge in [0.25, 0.3) is 0 Å². The van der Waals surface area contributed by atoms with E-state index in [-0.39, 0.29) is 11.3 Å². The molecule has 98 valence electrons. The lowest BCUT2D eigenvalue weighted by Crippen LogP contribution is -2.31. The predicted octanol–water partition coefficient (Wildman–Crippen LogP) is 1.51. The van der Waals surface area contributed by atoms with Crippen LogP contribution in [0.3, 0.4) is 0 Å². The van der Waals surface area contributed by atoms with E-state index in [0.29, 0.717) is 24.5 Å². The topological polar surface area (TPSA) is 104 Å². The highest BCUT2D eigenvalue weighted by atomic mass is 35.5. The van der Waals surface area contributed by atoms with E-state index in [4.69, 9.17) is 22.4 Å². The van der Waals surface area contributed by atoms with Crippen LogP contribution in [0, 0.1) is 0 Å². The maximum atomic E-state index is 11.5. The molecule has 2 amide bonds. The molecule has 7 heteroatoms. The third kappa shape index (κ3) is 4.23. The van der Waals surface area contributed by atoms with E-state index in [1.54, 1.807) is 0 Å². The van der Waals surface area contributed by atoms with Crippen molar-refractivity contribution in [2.24, 2.45) is 5.73 Å². The Balaban J connectivity index is 2.72. The number of carbonyl (C=O) groups is 2. The van der Waals surface area contributed by atoms with Crippen molar-refractivity contribution in [3.05, 3.63) is 28.8 Å². The fourth-order valence-electron chi connectivity index (χ4n) is 1.27. The number of aromatic carboxylic acids is 1. The first-order valence-corrected chi connectivity index (χ1v) is 5.70. The molecule has 0 unspecified atom stereocenters. The Labute approximate surface area is 109 Å². The molecule has 1 aromatic carbocycles. The van der Waals surface area contributed by atoms with Crippen LogP contribution in [0.5, 0.6) is 0 Å². The van der Waals surface area contributed by atoms with Gasteiger partial charge in [-0.15, -0.1) is 0 Å². The second kappa shape index (κ2) is 6.83. The molecular weight excluding hydrogens is 258 g/mol. The quantitative estimate of drug-likeness (QED) is 0.609. The molecule has 1 rings (SSSR count). The molecule has 0 atom stereocenters. The third-order valence-electron chi connectivity index (χ3n) is 2.13. The van der Waals surface area contributed by atoms with Crippen LogP contribution in [-0.4, -0.2) is 30.2 Å². The van der Waals surface area contributed by atoms with E-state index in [0.717, 1.165) is 0 Å². The summed E-state index contributed by atoms with van der Waals surface area (Å²) < 4.78 is 0. The fourth-order valence-corrected chi connectivity index (χ4v) is 1.45. The summed E-state index contributed by atoms with van der Waals surface area (Å²) >= 11 is 5.69. The zero-order valence-corrected chi connectivity index (χ0v) is 10.3. The van der Waals surface area contributed by atoms with Crippen LogP contribution in [0.1, 0.15) is 16.8 Å². The van der Waals surface area contributed by atoms with Gasteiger partial charge in [-0.05, 0) is 31.2 Å². The van der Waals surface area contributed by atoms with Gasteiger partial charge in [-0.2, -0.15) is 0 Å². The molecule has 18 heavy (non-hydrogen) atoms. The average Bonchev–Trinajstić information content (AvgIpc) is 2.31. The first-order chi connectivity index (χ1) is 8.54. The summed E-state index contributed by atoms with van der Waals surface area (Å²) in [4.78, 5) is 22.4. The second-order valence-electron chi connectivity index (χ2n) is 3.52. The molecule has 0 saturated carbocycles. The van der Waals surface area contributed by atoms with Crippen molar-refractivity contribution in [3.8, 4) is 0 Å². The third-order valence-corrected chi connectivity index (χ3v) is 2.36. The van der Waals surface area contributed by atoms with Crippen molar-refractivity contribution < 1.29 is 14.7 Å². The molecule has 0 aliphatic carbocycles. The predicted molar refractivity (Wildman–Crippen MR) is 69.1 cm³/mol. The normalized spacial score (nSPS) is 9.89. The lowest BCUT2D eigenvalue weighted by Gasteiger charge is -2.09. The summed E-state index contributed by atoms with van der Waals surface area (Å²) in [6, 6.07) is 3.74. The second-order valence-corrected chi connectivity index (χ2v) is 3.95. The lowest BCUT2D eigenvalue weighted by molar-refractivity contribution is 0.0698. The van der Waals surface area contributed by atoms with Gasteiger partial charge in [-0.25, -0.2) is 9.59 Å². The largest absolute Gasteiger partial charge is 0.478 e. The van der Waals surface area contributed by atoms with Gasteiger partial charge in [0.2, 0.25) is 0 Å². The Morgan fingerprint density at radius 1 is 1.39 bits per heavy atom. The highest BCUT2D eigenvalue weighted by Crippen LogP contribution is 2.20. The Bertz CT molecular complexity index is 451. The first kappa shape index (κ1) is 14.3. The van der Waals surface area contributed by atoms with Crippen LogP contribution >= 0.6 is 11.6 Å². The smallest absolute Gasteiger partial charge is 0.337 e. The molecule has 0 aliphatic heterocycles. The highest BCUT2D eigenvalue weighted by Gasteiger charge is 2.12. The first-order valence-electron chi connectivity index (χ1n) is 5.32. The lowest BCUT2D eigenvalue weighted by atomic mass is 10.2. The summed E-state index contributed by atoms with van der Waals surface area (Å²) in [5, 5.41) is 14.3. The van der Waals surface area contributed by atoms with Crippen molar-refractivity contribution >= 4 is 29.3 Å². The molecule has 0 spiro atoms. The minimum absolute atomic E-state index is 0.0588. The van der Waals surface area contributed by atoms with Crippen molar-refractivity contribution in [3.63, 3.8) is 0 Å². The molecule has 1 aromatic rings. The van der Waals surface area contributed by atoms with E-state index in [9.17, 15) is 9.59 Å². The molecule has 5 N–H and O–H groups in total. The minimum atomic E-state index is -1.16. The van der Waals surface area contributed by atoms with E-state index >= 15 is 0 Å². The van der Waals surface area contributed by atoms with Crippen molar-refractivity contribution in [1.29, 1.82) is 0 Å². The SMILES string of the molecule is NCCCNC(=O)Nc1ccc(Cl)cc1C(=O)O. The Morgan fingerprint density at radius 3 is 2.72 bits per heavy atom. The number of halogens is 1. The number of carboxylic acid groups (broad SMARTS) is 1. The van der Waals surface area contributed by atoms with Gasteiger partial charge in [-0.3, -0.25) is 0 Å². The van der Waals surface area contributed by atoms with Crippen molar-refractivity contribution in [2.45, 2.75) is 6.42 Å². The molecule has 0 radical (unpaired) electrons. The van der Waals surface area contributed by atoms with Crippen LogP contribution < -0.4 is 16.4 Å². The number of rotatable bonds is 5. The van der Waals surface area contributed by atoms with Gasteiger partial charge in [-0.1, -0.05) is 11.6 Å².